The van der Waals surface area contributed by atoms with Gasteiger partial charge in [0, 0.05) is 6.42 Å². The fraction of sp³-hybridized carbons (Fsp3) is 0.400. The van der Waals surface area contributed by atoms with Crippen molar-refractivity contribution in [3.8, 4) is 5.75 Å². The second kappa shape index (κ2) is 8.16. The fourth-order valence-electron chi connectivity index (χ4n) is 2.98. The molecule has 6 heteroatoms. The molecule has 0 aliphatic carbocycles. The van der Waals surface area contributed by atoms with Gasteiger partial charge in [-0.25, -0.2) is 0 Å². The van der Waals surface area contributed by atoms with Gasteiger partial charge in [0.05, 0.1) is 6.61 Å². The normalized spacial score (nSPS) is 28.7. The highest BCUT2D eigenvalue weighted by Gasteiger charge is 2.44. The minimum atomic E-state index is -1.46. The maximum Gasteiger partial charge on any atom is 0.229 e. The van der Waals surface area contributed by atoms with Gasteiger partial charge in [0.2, 0.25) is 6.29 Å². The molecule has 1 fully saturated rings. The Bertz CT molecular complexity index is 714. The fourth-order valence-corrected chi connectivity index (χ4v) is 2.98. The summed E-state index contributed by atoms with van der Waals surface area (Å²) in [6, 6.07) is 15.5. The molecule has 1 saturated heterocycles. The molecule has 4 unspecified atom stereocenters. The van der Waals surface area contributed by atoms with Crippen molar-refractivity contribution in [3.63, 3.8) is 0 Å². The van der Waals surface area contributed by atoms with Crippen molar-refractivity contribution in [2.24, 2.45) is 0 Å². The molecule has 0 bridgehead atoms. The van der Waals surface area contributed by atoms with E-state index in [1.165, 1.54) is 5.56 Å². The van der Waals surface area contributed by atoms with Crippen molar-refractivity contribution in [2.75, 3.05) is 6.61 Å². The Morgan fingerprint density at radius 3 is 2.31 bits per heavy atom. The van der Waals surface area contributed by atoms with Crippen LogP contribution in [0, 0.1) is 6.92 Å². The van der Waals surface area contributed by atoms with E-state index in [-0.39, 0.29) is 0 Å². The van der Waals surface area contributed by atoms with Crippen molar-refractivity contribution in [3.05, 3.63) is 65.2 Å². The van der Waals surface area contributed by atoms with E-state index in [4.69, 9.17) is 9.47 Å². The number of benzene rings is 2. The summed E-state index contributed by atoms with van der Waals surface area (Å²) in [4.78, 5) is 0. The Morgan fingerprint density at radius 2 is 1.62 bits per heavy atom. The van der Waals surface area contributed by atoms with Crippen molar-refractivity contribution >= 4 is 0 Å². The molecule has 2 aromatic carbocycles. The van der Waals surface area contributed by atoms with Crippen molar-refractivity contribution < 1.29 is 29.9 Å². The lowest BCUT2D eigenvalue weighted by atomic mass is 9.99. The first-order valence-electron chi connectivity index (χ1n) is 8.60. The molecule has 1 aliphatic rings. The van der Waals surface area contributed by atoms with Crippen molar-refractivity contribution in [1.82, 2.24) is 0 Å². The van der Waals surface area contributed by atoms with Gasteiger partial charge in [-0.2, -0.15) is 0 Å². The average Bonchev–Trinajstić information content (AvgIpc) is 2.65. The minimum Gasteiger partial charge on any atom is -0.462 e. The third kappa shape index (κ3) is 4.06. The molecule has 140 valence electrons. The quantitative estimate of drug-likeness (QED) is 0.628. The lowest BCUT2D eigenvalue weighted by Crippen LogP contribution is -2.60. The zero-order chi connectivity index (χ0) is 18.7. The van der Waals surface area contributed by atoms with Gasteiger partial charge >= 0.3 is 0 Å². The van der Waals surface area contributed by atoms with Crippen LogP contribution in [0.25, 0.3) is 0 Å². The molecule has 0 amide bonds. The van der Waals surface area contributed by atoms with Gasteiger partial charge in [0.15, 0.2) is 0 Å². The first kappa shape index (κ1) is 18.8. The third-order valence-electron chi connectivity index (χ3n) is 4.58. The zero-order valence-electron chi connectivity index (χ0n) is 14.5. The third-order valence-corrected chi connectivity index (χ3v) is 4.58. The van der Waals surface area contributed by atoms with Gasteiger partial charge in [-0.1, -0.05) is 48.0 Å². The van der Waals surface area contributed by atoms with Crippen LogP contribution >= 0.6 is 0 Å². The molecule has 3 rings (SSSR count). The standard InChI is InChI=1S/C20H24O6/c1-12-6-8-13(9-7-12)10-14-4-2-3-5-15(14)25-20-19(24)18(23)17(22)16(11-21)26-20/h2-9,16-24H,10-11H2,1H3/t16-,17?,18?,19?,20?/m1/s1. The Kier molecular flexibility index (Phi) is 5.90. The predicted molar refractivity (Wildman–Crippen MR) is 94.8 cm³/mol. The first-order valence-corrected chi connectivity index (χ1v) is 8.60. The van der Waals surface area contributed by atoms with Crippen LogP contribution in [0.15, 0.2) is 48.5 Å². The summed E-state index contributed by atoms with van der Waals surface area (Å²) in [5, 5.41) is 39.2. The number of aryl methyl sites for hydroxylation is 1. The van der Waals surface area contributed by atoms with E-state index in [0.717, 1.165) is 11.1 Å². The van der Waals surface area contributed by atoms with Crippen LogP contribution in [0.3, 0.4) is 0 Å². The van der Waals surface area contributed by atoms with E-state index in [9.17, 15) is 20.4 Å². The van der Waals surface area contributed by atoms with Gasteiger partial charge in [-0.15, -0.1) is 0 Å². The summed E-state index contributed by atoms with van der Waals surface area (Å²) >= 11 is 0. The van der Waals surface area contributed by atoms with E-state index < -0.39 is 37.3 Å². The number of para-hydroxylation sites is 1. The molecule has 1 heterocycles. The van der Waals surface area contributed by atoms with Crippen LogP contribution in [0.5, 0.6) is 5.75 Å². The molecule has 0 spiro atoms. The van der Waals surface area contributed by atoms with Gasteiger partial charge in [-0.3, -0.25) is 0 Å². The minimum absolute atomic E-state index is 0.490. The Hall–Kier alpha value is -1.96. The number of aliphatic hydroxyl groups is 4. The number of aliphatic hydroxyl groups excluding tert-OH is 4. The lowest BCUT2D eigenvalue weighted by Gasteiger charge is -2.39. The molecular formula is C20H24O6. The topological polar surface area (TPSA) is 99.4 Å². The molecular weight excluding hydrogens is 336 g/mol. The van der Waals surface area contributed by atoms with E-state index in [2.05, 4.69) is 0 Å². The molecule has 0 aromatic heterocycles. The second-order valence-electron chi connectivity index (χ2n) is 6.59. The van der Waals surface area contributed by atoms with Crippen molar-refractivity contribution in [1.29, 1.82) is 0 Å². The van der Waals surface area contributed by atoms with Crippen molar-refractivity contribution in [2.45, 2.75) is 44.1 Å². The average molecular weight is 360 g/mol. The zero-order valence-corrected chi connectivity index (χ0v) is 14.5. The lowest BCUT2D eigenvalue weighted by molar-refractivity contribution is -0.277. The summed E-state index contributed by atoms with van der Waals surface area (Å²) in [6.07, 6.45) is -5.85. The molecule has 26 heavy (non-hydrogen) atoms. The van der Waals surface area contributed by atoms with Gasteiger partial charge in [0.25, 0.3) is 0 Å². The molecule has 0 saturated carbocycles. The van der Waals surface area contributed by atoms with Crippen LogP contribution in [0.4, 0.5) is 0 Å². The van der Waals surface area contributed by atoms with E-state index in [0.29, 0.717) is 12.2 Å². The van der Waals surface area contributed by atoms with Crippen LogP contribution in [-0.2, 0) is 11.2 Å². The number of hydrogen-bond donors (Lipinski definition) is 4. The molecule has 2 aromatic rings. The maximum atomic E-state index is 10.2. The van der Waals surface area contributed by atoms with Gasteiger partial charge in [0.1, 0.15) is 30.2 Å². The molecule has 1 aliphatic heterocycles. The largest absolute Gasteiger partial charge is 0.462 e. The highest BCUT2D eigenvalue weighted by atomic mass is 16.7. The highest BCUT2D eigenvalue weighted by Crippen LogP contribution is 2.27. The smallest absolute Gasteiger partial charge is 0.229 e. The summed E-state index contributed by atoms with van der Waals surface area (Å²) in [7, 11) is 0. The summed E-state index contributed by atoms with van der Waals surface area (Å²) in [6.45, 7) is 1.54. The molecule has 6 nitrogen and oxygen atoms in total. The SMILES string of the molecule is Cc1ccc(Cc2ccccc2OC2O[C@H](CO)C(O)C(O)C2O)cc1. The van der Waals surface area contributed by atoms with E-state index >= 15 is 0 Å². The van der Waals surface area contributed by atoms with Crippen LogP contribution in [0.1, 0.15) is 16.7 Å². The van der Waals surface area contributed by atoms with Gasteiger partial charge < -0.3 is 29.9 Å². The summed E-state index contributed by atoms with van der Waals surface area (Å²) in [5.74, 6) is 0.511. The highest BCUT2D eigenvalue weighted by molar-refractivity contribution is 5.38. The number of rotatable bonds is 5. The number of hydrogen-bond acceptors (Lipinski definition) is 6. The monoisotopic (exact) mass is 360 g/mol. The Labute approximate surface area is 152 Å². The summed E-state index contributed by atoms with van der Waals surface area (Å²) < 4.78 is 11.2. The van der Waals surface area contributed by atoms with E-state index in [1.54, 1.807) is 12.1 Å². The summed E-state index contributed by atoms with van der Waals surface area (Å²) in [5.41, 5.74) is 3.19. The Morgan fingerprint density at radius 1 is 0.923 bits per heavy atom. The first-order chi connectivity index (χ1) is 12.5. The second-order valence-corrected chi connectivity index (χ2v) is 6.59. The van der Waals surface area contributed by atoms with E-state index in [1.807, 2.05) is 43.3 Å². The maximum absolute atomic E-state index is 10.2. The predicted octanol–water partition coefficient (Wildman–Crippen LogP) is 0.765. The Balaban J connectivity index is 1.78. The molecule has 5 atom stereocenters. The van der Waals surface area contributed by atoms with Crippen LogP contribution in [-0.4, -0.2) is 57.7 Å². The number of ether oxygens (including phenoxy) is 2. The molecule has 0 radical (unpaired) electrons. The van der Waals surface area contributed by atoms with Crippen LogP contribution < -0.4 is 4.74 Å². The van der Waals surface area contributed by atoms with Gasteiger partial charge in [-0.05, 0) is 24.1 Å². The van der Waals surface area contributed by atoms with Crippen LogP contribution in [0.2, 0.25) is 0 Å². The molecule has 4 N–H and O–H groups in total.